The van der Waals surface area contributed by atoms with Crippen LogP contribution < -0.4 is 5.32 Å². The molecule has 2 heterocycles. The summed E-state index contributed by atoms with van der Waals surface area (Å²) in [5.41, 5.74) is -0.412. The van der Waals surface area contributed by atoms with E-state index < -0.39 is 5.60 Å². The van der Waals surface area contributed by atoms with E-state index in [0.717, 1.165) is 32.5 Å². The molecule has 0 bridgehead atoms. The van der Waals surface area contributed by atoms with E-state index in [-0.39, 0.29) is 6.09 Å². The normalized spacial score (nSPS) is 24.7. The lowest BCUT2D eigenvalue weighted by molar-refractivity contribution is 0.0223. The molecule has 2 aliphatic rings. The molecule has 1 amide bonds. The monoisotopic (exact) mass is 311 g/mol. The molecule has 0 saturated carbocycles. The SMILES string of the molecule is CCN1CCC(NCC2CCCN2C(=O)OC(C)(C)C)CC1. The van der Waals surface area contributed by atoms with Crippen molar-refractivity contribution in [2.24, 2.45) is 0 Å². The van der Waals surface area contributed by atoms with Crippen LogP contribution in [0.4, 0.5) is 4.79 Å². The summed E-state index contributed by atoms with van der Waals surface area (Å²) < 4.78 is 5.52. The van der Waals surface area contributed by atoms with Gasteiger partial charge >= 0.3 is 6.09 Å². The second kappa shape index (κ2) is 7.64. The number of carbonyl (C=O) groups is 1. The van der Waals surface area contributed by atoms with Gasteiger partial charge in [-0.05, 0) is 66.1 Å². The quantitative estimate of drug-likeness (QED) is 0.866. The van der Waals surface area contributed by atoms with E-state index in [4.69, 9.17) is 4.74 Å². The molecule has 2 fully saturated rings. The highest BCUT2D eigenvalue weighted by molar-refractivity contribution is 5.69. The van der Waals surface area contributed by atoms with Crippen LogP contribution in [0, 0.1) is 0 Å². The molecule has 22 heavy (non-hydrogen) atoms. The summed E-state index contributed by atoms with van der Waals surface area (Å²) in [6.07, 6.45) is 4.44. The van der Waals surface area contributed by atoms with Gasteiger partial charge in [0.1, 0.15) is 5.60 Å². The van der Waals surface area contributed by atoms with E-state index in [9.17, 15) is 4.79 Å². The van der Waals surface area contributed by atoms with Crippen molar-refractivity contribution in [2.75, 3.05) is 32.7 Å². The first-order chi connectivity index (χ1) is 10.4. The van der Waals surface area contributed by atoms with Gasteiger partial charge in [0.05, 0.1) is 0 Å². The Labute approximate surface area is 135 Å². The van der Waals surface area contributed by atoms with E-state index in [2.05, 4.69) is 17.1 Å². The lowest BCUT2D eigenvalue weighted by Crippen LogP contribution is -2.48. The molecule has 5 heteroatoms. The van der Waals surface area contributed by atoms with Gasteiger partial charge in [-0.2, -0.15) is 0 Å². The molecule has 1 atom stereocenters. The third-order valence-corrected chi connectivity index (χ3v) is 4.68. The molecule has 0 spiro atoms. The van der Waals surface area contributed by atoms with Gasteiger partial charge in [-0.1, -0.05) is 6.92 Å². The van der Waals surface area contributed by atoms with Crippen LogP contribution in [0.25, 0.3) is 0 Å². The topological polar surface area (TPSA) is 44.8 Å². The minimum absolute atomic E-state index is 0.155. The summed E-state index contributed by atoms with van der Waals surface area (Å²) >= 11 is 0. The Balaban J connectivity index is 1.76. The first-order valence-electron chi connectivity index (χ1n) is 8.84. The van der Waals surface area contributed by atoms with Gasteiger partial charge in [0.25, 0.3) is 0 Å². The third kappa shape index (κ3) is 5.13. The molecule has 1 unspecified atom stereocenters. The van der Waals surface area contributed by atoms with Crippen molar-refractivity contribution in [3.63, 3.8) is 0 Å². The summed E-state index contributed by atoms with van der Waals surface area (Å²) in [5.74, 6) is 0. The van der Waals surface area contributed by atoms with Crippen molar-refractivity contribution in [3.05, 3.63) is 0 Å². The number of nitrogens with zero attached hydrogens (tertiary/aromatic N) is 2. The van der Waals surface area contributed by atoms with Crippen LogP contribution in [0.3, 0.4) is 0 Å². The zero-order valence-corrected chi connectivity index (χ0v) is 14.7. The van der Waals surface area contributed by atoms with Gasteiger partial charge in [-0.25, -0.2) is 4.79 Å². The van der Waals surface area contributed by atoms with Crippen molar-refractivity contribution in [2.45, 2.75) is 71.1 Å². The minimum Gasteiger partial charge on any atom is -0.444 e. The average Bonchev–Trinajstić information content (AvgIpc) is 2.92. The zero-order chi connectivity index (χ0) is 16.2. The lowest BCUT2D eigenvalue weighted by atomic mass is 10.0. The number of piperidine rings is 1. The van der Waals surface area contributed by atoms with Gasteiger partial charge in [0.2, 0.25) is 0 Å². The maximum absolute atomic E-state index is 12.3. The Morgan fingerprint density at radius 2 is 1.86 bits per heavy atom. The fourth-order valence-electron chi connectivity index (χ4n) is 3.36. The van der Waals surface area contributed by atoms with Crippen LogP contribution in [0.15, 0.2) is 0 Å². The number of nitrogens with one attached hydrogen (secondary N) is 1. The second-order valence-corrected chi connectivity index (χ2v) is 7.59. The Morgan fingerprint density at radius 1 is 1.18 bits per heavy atom. The predicted octanol–water partition coefficient (Wildman–Crippen LogP) is 2.46. The number of hydrogen-bond acceptors (Lipinski definition) is 4. The molecule has 128 valence electrons. The number of amides is 1. The molecule has 1 N–H and O–H groups in total. The smallest absolute Gasteiger partial charge is 0.410 e. The number of hydrogen-bond donors (Lipinski definition) is 1. The van der Waals surface area contributed by atoms with E-state index in [1.807, 2.05) is 25.7 Å². The van der Waals surface area contributed by atoms with E-state index >= 15 is 0 Å². The third-order valence-electron chi connectivity index (χ3n) is 4.68. The van der Waals surface area contributed by atoms with Gasteiger partial charge in [-0.3, -0.25) is 0 Å². The first-order valence-corrected chi connectivity index (χ1v) is 8.84. The molecule has 5 nitrogen and oxygen atoms in total. The Bertz CT molecular complexity index is 359. The van der Waals surface area contributed by atoms with Crippen molar-refractivity contribution < 1.29 is 9.53 Å². The Kier molecular flexibility index (Phi) is 6.09. The molecule has 0 aromatic carbocycles. The van der Waals surface area contributed by atoms with Gasteiger partial charge in [0.15, 0.2) is 0 Å². The van der Waals surface area contributed by atoms with E-state index in [1.165, 1.54) is 25.9 Å². The van der Waals surface area contributed by atoms with Crippen LogP contribution in [0.2, 0.25) is 0 Å². The Morgan fingerprint density at radius 3 is 2.45 bits per heavy atom. The molecule has 0 aliphatic carbocycles. The molecule has 0 aromatic rings. The number of rotatable bonds is 4. The van der Waals surface area contributed by atoms with E-state index in [1.54, 1.807) is 0 Å². The van der Waals surface area contributed by atoms with Gasteiger partial charge in [-0.15, -0.1) is 0 Å². The highest BCUT2D eigenvalue weighted by Crippen LogP contribution is 2.21. The second-order valence-electron chi connectivity index (χ2n) is 7.59. The predicted molar refractivity (Wildman–Crippen MR) is 89.1 cm³/mol. The highest BCUT2D eigenvalue weighted by atomic mass is 16.6. The van der Waals surface area contributed by atoms with Gasteiger partial charge < -0.3 is 19.9 Å². The van der Waals surface area contributed by atoms with Crippen LogP contribution in [0.5, 0.6) is 0 Å². The fourth-order valence-corrected chi connectivity index (χ4v) is 3.36. The molecule has 2 rings (SSSR count). The summed E-state index contributed by atoms with van der Waals surface area (Å²) in [4.78, 5) is 16.7. The standard InChI is InChI=1S/C17H33N3O2/c1-5-19-11-8-14(9-12-19)18-13-15-7-6-10-20(15)16(21)22-17(2,3)4/h14-15,18H,5-13H2,1-4H3. The van der Waals surface area contributed by atoms with Crippen molar-refractivity contribution in [3.8, 4) is 0 Å². The molecule has 0 radical (unpaired) electrons. The maximum atomic E-state index is 12.3. The molecule has 0 aromatic heterocycles. The van der Waals surface area contributed by atoms with Crippen LogP contribution >= 0.6 is 0 Å². The summed E-state index contributed by atoms with van der Waals surface area (Å²) in [5, 5.41) is 3.68. The van der Waals surface area contributed by atoms with Gasteiger partial charge in [0, 0.05) is 25.2 Å². The van der Waals surface area contributed by atoms with Crippen LogP contribution in [-0.2, 0) is 4.74 Å². The number of ether oxygens (including phenoxy) is 1. The van der Waals surface area contributed by atoms with Crippen molar-refractivity contribution >= 4 is 6.09 Å². The van der Waals surface area contributed by atoms with Crippen LogP contribution in [-0.4, -0.2) is 66.3 Å². The number of carbonyl (C=O) groups excluding carboxylic acids is 1. The summed E-state index contributed by atoms with van der Waals surface area (Å²) in [6, 6.07) is 0.892. The maximum Gasteiger partial charge on any atom is 0.410 e. The molecule has 2 aliphatic heterocycles. The first kappa shape index (κ1) is 17.5. The highest BCUT2D eigenvalue weighted by Gasteiger charge is 2.32. The fraction of sp³-hybridized carbons (Fsp3) is 0.941. The summed E-state index contributed by atoms with van der Waals surface area (Å²) in [6.45, 7) is 13.3. The average molecular weight is 311 g/mol. The lowest BCUT2D eigenvalue weighted by Gasteiger charge is -2.33. The Hall–Kier alpha value is -0.810. The summed E-state index contributed by atoms with van der Waals surface area (Å²) in [7, 11) is 0. The molecule has 2 saturated heterocycles. The van der Waals surface area contributed by atoms with E-state index in [0.29, 0.717) is 12.1 Å². The van der Waals surface area contributed by atoms with Crippen molar-refractivity contribution in [1.29, 1.82) is 0 Å². The largest absolute Gasteiger partial charge is 0.444 e. The molecular weight excluding hydrogens is 278 g/mol. The molecular formula is C17H33N3O2. The zero-order valence-electron chi connectivity index (χ0n) is 14.7. The van der Waals surface area contributed by atoms with Crippen molar-refractivity contribution in [1.82, 2.24) is 15.1 Å². The van der Waals surface area contributed by atoms with Crippen LogP contribution in [0.1, 0.15) is 53.4 Å². The number of likely N-dealkylation sites (tertiary alicyclic amines) is 2. The minimum atomic E-state index is -0.412.